The summed E-state index contributed by atoms with van der Waals surface area (Å²) >= 11 is 0. The fourth-order valence-electron chi connectivity index (χ4n) is 7.52. The summed E-state index contributed by atoms with van der Waals surface area (Å²) in [6.07, 6.45) is 0. The topological polar surface area (TPSA) is 32.8 Å². The van der Waals surface area contributed by atoms with Gasteiger partial charge in [0.1, 0.15) is 0 Å². The van der Waals surface area contributed by atoms with E-state index in [1.807, 2.05) is 36.4 Å². The van der Waals surface area contributed by atoms with Crippen molar-refractivity contribution < 1.29 is 8.83 Å². The van der Waals surface area contributed by atoms with Gasteiger partial charge in [-0.3, -0.25) is 9.80 Å². The van der Waals surface area contributed by atoms with E-state index in [-0.39, 0.29) is 0 Å². The SMILES string of the molecule is c1ccc(N(c2ccc(-c3ccc(N(c4ccccc4)c4cc5ccccc5c5ccccc45)o3)o2)c2cc3ccccc3c3ccccc23)cc1. The fourth-order valence-corrected chi connectivity index (χ4v) is 7.52. The maximum atomic E-state index is 6.75. The van der Waals surface area contributed by atoms with Crippen LogP contribution in [0.25, 0.3) is 54.6 Å². The summed E-state index contributed by atoms with van der Waals surface area (Å²) in [6, 6.07) is 67.6. The zero-order valence-electron chi connectivity index (χ0n) is 28.2. The predicted molar refractivity (Wildman–Crippen MR) is 216 cm³/mol. The molecule has 0 bridgehead atoms. The van der Waals surface area contributed by atoms with E-state index in [0.717, 1.165) is 33.5 Å². The smallest absolute Gasteiger partial charge is 0.205 e. The van der Waals surface area contributed by atoms with Gasteiger partial charge >= 0.3 is 0 Å². The lowest BCUT2D eigenvalue weighted by Crippen LogP contribution is -2.09. The summed E-state index contributed by atoms with van der Waals surface area (Å²) in [6.45, 7) is 0. The van der Waals surface area contributed by atoms with Gasteiger partial charge < -0.3 is 8.83 Å². The maximum absolute atomic E-state index is 6.75. The van der Waals surface area contributed by atoms with Gasteiger partial charge in [0, 0.05) is 34.3 Å². The minimum Gasteiger partial charge on any atom is -0.437 e. The Morgan fingerprint density at radius 1 is 0.288 bits per heavy atom. The van der Waals surface area contributed by atoms with Gasteiger partial charge in [0.15, 0.2) is 11.5 Å². The number of hydrogen-bond acceptors (Lipinski definition) is 4. The van der Waals surface area contributed by atoms with Crippen molar-refractivity contribution in [1.82, 2.24) is 0 Å². The molecule has 0 aliphatic heterocycles. The number of furan rings is 2. The van der Waals surface area contributed by atoms with E-state index in [9.17, 15) is 0 Å². The van der Waals surface area contributed by atoms with E-state index in [4.69, 9.17) is 8.83 Å². The highest BCUT2D eigenvalue weighted by molar-refractivity contribution is 6.15. The molecule has 0 atom stereocenters. The Labute approximate surface area is 301 Å². The Hall–Kier alpha value is -7.04. The van der Waals surface area contributed by atoms with E-state index >= 15 is 0 Å². The van der Waals surface area contributed by atoms with E-state index in [2.05, 4.69) is 168 Å². The van der Waals surface area contributed by atoms with Crippen molar-refractivity contribution in [3.8, 4) is 11.5 Å². The second-order valence-corrected chi connectivity index (χ2v) is 12.9. The van der Waals surface area contributed by atoms with Crippen LogP contribution in [-0.2, 0) is 0 Å². The molecule has 0 spiro atoms. The van der Waals surface area contributed by atoms with Crippen molar-refractivity contribution >= 4 is 77.6 Å². The number of rotatable bonds is 7. The molecule has 10 rings (SSSR count). The summed E-state index contributed by atoms with van der Waals surface area (Å²) in [5, 5.41) is 9.46. The molecule has 0 amide bonds. The monoisotopic (exact) mass is 668 g/mol. The Morgan fingerprint density at radius 3 is 1.06 bits per heavy atom. The molecule has 2 heterocycles. The predicted octanol–water partition coefficient (Wildman–Crippen LogP) is 14.1. The maximum Gasteiger partial charge on any atom is 0.205 e. The van der Waals surface area contributed by atoms with Crippen LogP contribution in [0.3, 0.4) is 0 Å². The van der Waals surface area contributed by atoms with Crippen LogP contribution in [0.15, 0.2) is 203 Å². The zero-order chi connectivity index (χ0) is 34.4. The lowest BCUT2D eigenvalue weighted by molar-refractivity contribution is 0.532. The highest BCUT2D eigenvalue weighted by Crippen LogP contribution is 2.46. The Morgan fingerprint density at radius 2 is 0.635 bits per heavy atom. The third-order valence-corrected chi connectivity index (χ3v) is 9.87. The average Bonchev–Trinajstić information content (AvgIpc) is 3.90. The number of nitrogens with zero attached hydrogens (tertiary/aromatic N) is 2. The van der Waals surface area contributed by atoms with Crippen LogP contribution >= 0.6 is 0 Å². The number of hydrogen-bond donors (Lipinski definition) is 0. The molecular weight excluding hydrogens is 637 g/mol. The van der Waals surface area contributed by atoms with E-state index in [1.54, 1.807) is 0 Å². The number of benzene rings is 8. The Balaban J connectivity index is 1.11. The molecule has 0 saturated carbocycles. The number of fused-ring (bicyclic) bond motifs is 6. The third kappa shape index (κ3) is 5.00. The van der Waals surface area contributed by atoms with Crippen LogP contribution < -0.4 is 9.80 Å². The van der Waals surface area contributed by atoms with Gasteiger partial charge in [-0.15, -0.1) is 0 Å². The van der Waals surface area contributed by atoms with Gasteiger partial charge in [-0.1, -0.05) is 133 Å². The molecule has 0 aliphatic carbocycles. The molecule has 0 saturated heterocycles. The standard InChI is InChI=1S/C48H32N2O2/c1-3-17-35(18-4-1)49(43-31-33-15-7-9-21-37(33)39-23-11-13-25-41(39)43)47-29-27-45(51-47)46-28-30-48(52-46)50(36-19-5-2-6-20-36)44-32-34-16-8-10-22-38(34)40-24-12-14-26-42(40)44/h1-32H. The number of anilines is 6. The largest absolute Gasteiger partial charge is 0.437 e. The fraction of sp³-hybridized carbons (Fsp3) is 0. The molecule has 10 aromatic rings. The normalized spacial score (nSPS) is 11.5. The van der Waals surface area contributed by atoms with Crippen LogP contribution in [0.4, 0.5) is 34.5 Å². The second-order valence-electron chi connectivity index (χ2n) is 12.9. The van der Waals surface area contributed by atoms with Gasteiger partial charge in [0.25, 0.3) is 0 Å². The molecule has 0 fully saturated rings. The summed E-state index contributed by atoms with van der Waals surface area (Å²) in [4.78, 5) is 4.39. The molecule has 4 nitrogen and oxygen atoms in total. The van der Waals surface area contributed by atoms with Crippen molar-refractivity contribution in [2.24, 2.45) is 0 Å². The molecule has 52 heavy (non-hydrogen) atoms. The van der Waals surface area contributed by atoms with Gasteiger partial charge in [-0.2, -0.15) is 0 Å². The molecular formula is C48H32N2O2. The summed E-state index contributed by atoms with van der Waals surface area (Å²) in [5.74, 6) is 2.67. The van der Waals surface area contributed by atoms with Crippen molar-refractivity contribution in [1.29, 1.82) is 0 Å². The van der Waals surface area contributed by atoms with Crippen LogP contribution in [0.2, 0.25) is 0 Å². The Kier molecular flexibility index (Phi) is 7.10. The third-order valence-electron chi connectivity index (χ3n) is 9.87. The molecule has 8 aromatic carbocycles. The van der Waals surface area contributed by atoms with Gasteiger partial charge in [0.05, 0.1) is 11.4 Å². The Bertz CT molecular complexity index is 2670. The first-order valence-corrected chi connectivity index (χ1v) is 17.5. The lowest BCUT2D eigenvalue weighted by atomic mass is 9.99. The van der Waals surface area contributed by atoms with Crippen LogP contribution in [0, 0.1) is 0 Å². The molecule has 0 aliphatic rings. The first-order chi connectivity index (χ1) is 25.8. The molecule has 0 radical (unpaired) electrons. The lowest BCUT2D eigenvalue weighted by Gasteiger charge is -2.25. The second kappa shape index (κ2) is 12.4. The quantitative estimate of drug-likeness (QED) is 0.158. The van der Waals surface area contributed by atoms with Crippen molar-refractivity contribution in [3.05, 3.63) is 194 Å². The van der Waals surface area contributed by atoms with Gasteiger partial charge in [-0.05, 0) is 80.8 Å². The molecule has 0 N–H and O–H groups in total. The van der Waals surface area contributed by atoms with E-state index in [1.165, 1.54) is 32.3 Å². The van der Waals surface area contributed by atoms with Gasteiger partial charge in [-0.25, -0.2) is 0 Å². The van der Waals surface area contributed by atoms with Crippen molar-refractivity contribution in [2.75, 3.05) is 9.80 Å². The summed E-state index contributed by atoms with van der Waals surface area (Å²) in [5.41, 5.74) is 4.09. The van der Waals surface area contributed by atoms with Crippen LogP contribution in [0.5, 0.6) is 0 Å². The van der Waals surface area contributed by atoms with E-state index < -0.39 is 0 Å². The minimum absolute atomic E-state index is 0.642. The molecule has 4 heteroatoms. The molecule has 0 unspecified atom stereocenters. The summed E-state index contributed by atoms with van der Waals surface area (Å²) in [7, 11) is 0. The molecule has 2 aromatic heterocycles. The number of para-hydroxylation sites is 2. The first-order valence-electron chi connectivity index (χ1n) is 17.5. The molecule has 246 valence electrons. The van der Waals surface area contributed by atoms with E-state index in [0.29, 0.717) is 23.3 Å². The van der Waals surface area contributed by atoms with Crippen LogP contribution in [-0.4, -0.2) is 0 Å². The van der Waals surface area contributed by atoms with Crippen molar-refractivity contribution in [2.45, 2.75) is 0 Å². The van der Waals surface area contributed by atoms with Crippen LogP contribution in [0.1, 0.15) is 0 Å². The summed E-state index contributed by atoms with van der Waals surface area (Å²) < 4.78 is 13.5. The minimum atomic E-state index is 0.642. The van der Waals surface area contributed by atoms with Gasteiger partial charge in [0.2, 0.25) is 11.8 Å². The highest BCUT2D eigenvalue weighted by atomic mass is 16.4. The first kappa shape index (κ1) is 29.8. The van der Waals surface area contributed by atoms with Crippen molar-refractivity contribution in [3.63, 3.8) is 0 Å². The zero-order valence-corrected chi connectivity index (χ0v) is 28.2. The highest BCUT2D eigenvalue weighted by Gasteiger charge is 2.23. The average molecular weight is 669 g/mol.